The first-order valence-electron chi connectivity index (χ1n) is 6.56. The molecule has 1 atom stereocenters. The number of piperidine rings is 1. The summed E-state index contributed by atoms with van der Waals surface area (Å²) in [6.07, 6.45) is 2.10. The van der Waals surface area contributed by atoms with Crippen molar-refractivity contribution >= 4 is 17.8 Å². The number of carbonyl (C=O) groups is 3. The van der Waals surface area contributed by atoms with Crippen molar-refractivity contribution in [1.29, 1.82) is 0 Å². The van der Waals surface area contributed by atoms with Gasteiger partial charge in [0.1, 0.15) is 12.1 Å². The van der Waals surface area contributed by atoms with Gasteiger partial charge in [-0.15, -0.1) is 0 Å². The van der Waals surface area contributed by atoms with E-state index in [9.17, 15) is 14.4 Å². The highest BCUT2D eigenvalue weighted by Gasteiger charge is 2.49. The average Bonchev–Trinajstić information content (AvgIpc) is 2.64. The fourth-order valence-electron chi connectivity index (χ4n) is 2.48. The van der Waals surface area contributed by atoms with Gasteiger partial charge in [0.2, 0.25) is 5.91 Å². The van der Waals surface area contributed by atoms with Crippen molar-refractivity contribution in [2.75, 3.05) is 26.3 Å². The Kier molecular flexibility index (Phi) is 4.04. The molecule has 2 heterocycles. The monoisotopic (exact) mass is 269 g/mol. The number of hydrogen-bond donors (Lipinski definition) is 2. The smallest absolute Gasteiger partial charge is 0.322 e. The fourth-order valence-corrected chi connectivity index (χ4v) is 2.48. The predicted octanol–water partition coefficient (Wildman–Crippen LogP) is -0.386. The number of hydrogen-bond acceptors (Lipinski definition) is 4. The molecule has 2 fully saturated rings. The Labute approximate surface area is 111 Å². The third-order valence-electron chi connectivity index (χ3n) is 3.43. The van der Waals surface area contributed by atoms with Gasteiger partial charge in [-0.05, 0) is 19.3 Å². The van der Waals surface area contributed by atoms with Gasteiger partial charge in [-0.25, -0.2) is 4.79 Å². The molecule has 0 saturated carbocycles. The van der Waals surface area contributed by atoms with E-state index in [4.69, 9.17) is 4.74 Å². The summed E-state index contributed by atoms with van der Waals surface area (Å²) in [7, 11) is 0. The standard InChI is InChI=1S/C12H19N3O4/c1-2-6-19-7-9(16)15-5-3-4-12(8-15)10(17)13-11(18)14-12/h2-8H2,1H3,(H2,13,14,17,18). The minimum absolute atomic E-state index is 0.0273. The Morgan fingerprint density at radius 1 is 1.47 bits per heavy atom. The molecular weight excluding hydrogens is 250 g/mol. The normalized spacial score (nSPS) is 26.5. The van der Waals surface area contributed by atoms with Crippen LogP contribution in [0.25, 0.3) is 0 Å². The lowest BCUT2D eigenvalue weighted by atomic mass is 9.89. The zero-order valence-electron chi connectivity index (χ0n) is 11.0. The van der Waals surface area contributed by atoms with E-state index in [1.54, 1.807) is 4.90 Å². The molecule has 0 aromatic carbocycles. The van der Waals surface area contributed by atoms with Gasteiger partial charge in [-0.2, -0.15) is 0 Å². The maximum Gasteiger partial charge on any atom is 0.322 e. The third kappa shape index (κ3) is 2.86. The maximum atomic E-state index is 12.0. The summed E-state index contributed by atoms with van der Waals surface area (Å²) in [5.74, 6) is -0.481. The van der Waals surface area contributed by atoms with E-state index in [0.717, 1.165) is 6.42 Å². The SMILES string of the molecule is CCCOCC(=O)N1CCCC2(C1)NC(=O)NC2=O. The lowest BCUT2D eigenvalue weighted by Gasteiger charge is -2.37. The summed E-state index contributed by atoms with van der Waals surface area (Å²) in [6.45, 7) is 3.36. The number of rotatable bonds is 4. The molecule has 0 aromatic heterocycles. The van der Waals surface area contributed by atoms with E-state index < -0.39 is 11.6 Å². The zero-order valence-corrected chi connectivity index (χ0v) is 11.0. The number of nitrogens with zero attached hydrogens (tertiary/aromatic N) is 1. The van der Waals surface area contributed by atoms with Crippen LogP contribution in [0.5, 0.6) is 0 Å². The minimum atomic E-state index is -0.949. The summed E-state index contributed by atoms with van der Waals surface area (Å²) in [5.41, 5.74) is -0.949. The first kappa shape index (κ1) is 13.8. The van der Waals surface area contributed by atoms with E-state index in [1.807, 2.05) is 6.92 Å². The lowest BCUT2D eigenvalue weighted by molar-refractivity contribution is -0.140. The first-order chi connectivity index (χ1) is 9.07. The predicted molar refractivity (Wildman–Crippen MR) is 66.3 cm³/mol. The fraction of sp³-hybridized carbons (Fsp3) is 0.750. The second-order valence-corrected chi connectivity index (χ2v) is 4.96. The van der Waals surface area contributed by atoms with Crippen molar-refractivity contribution in [3.05, 3.63) is 0 Å². The van der Waals surface area contributed by atoms with Gasteiger partial charge in [0.05, 0.1) is 6.54 Å². The first-order valence-corrected chi connectivity index (χ1v) is 6.56. The van der Waals surface area contributed by atoms with Crippen molar-refractivity contribution in [2.45, 2.75) is 31.7 Å². The van der Waals surface area contributed by atoms with Crippen LogP contribution in [0.1, 0.15) is 26.2 Å². The van der Waals surface area contributed by atoms with E-state index in [0.29, 0.717) is 26.0 Å². The van der Waals surface area contributed by atoms with Gasteiger partial charge in [-0.3, -0.25) is 14.9 Å². The number of nitrogens with one attached hydrogen (secondary N) is 2. The molecule has 7 nitrogen and oxygen atoms in total. The van der Waals surface area contributed by atoms with E-state index in [2.05, 4.69) is 10.6 Å². The second-order valence-electron chi connectivity index (χ2n) is 4.96. The molecule has 106 valence electrons. The molecule has 19 heavy (non-hydrogen) atoms. The Bertz CT molecular complexity index is 398. The number of ether oxygens (including phenoxy) is 1. The van der Waals surface area contributed by atoms with Gasteiger partial charge in [0, 0.05) is 13.2 Å². The maximum absolute atomic E-state index is 12.0. The van der Waals surface area contributed by atoms with Crippen LogP contribution in [0.2, 0.25) is 0 Å². The van der Waals surface area contributed by atoms with E-state index >= 15 is 0 Å². The molecule has 4 amide bonds. The topological polar surface area (TPSA) is 87.7 Å². The van der Waals surface area contributed by atoms with Gasteiger partial charge in [0.25, 0.3) is 5.91 Å². The Hall–Kier alpha value is -1.63. The summed E-state index contributed by atoms with van der Waals surface area (Å²) in [4.78, 5) is 36.6. The molecule has 0 radical (unpaired) electrons. The van der Waals surface area contributed by atoms with E-state index in [-0.39, 0.29) is 25.0 Å². The number of likely N-dealkylation sites (tertiary alicyclic amines) is 1. The second kappa shape index (κ2) is 5.56. The number of imide groups is 1. The molecule has 2 N–H and O–H groups in total. The van der Waals surface area contributed by atoms with Crippen molar-refractivity contribution in [2.24, 2.45) is 0 Å². The third-order valence-corrected chi connectivity index (χ3v) is 3.43. The molecule has 1 unspecified atom stereocenters. The highest BCUT2D eigenvalue weighted by atomic mass is 16.5. The quantitative estimate of drug-likeness (QED) is 0.537. The molecule has 1 spiro atoms. The summed E-state index contributed by atoms with van der Waals surface area (Å²) >= 11 is 0. The van der Waals surface area contributed by atoms with Crippen molar-refractivity contribution in [1.82, 2.24) is 15.5 Å². The summed E-state index contributed by atoms with van der Waals surface area (Å²) < 4.78 is 5.22. The molecule has 2 rings (SSSR count). The Morgan fingerprint density at radius 2 is 2.26 bits per heavy atom. The molecule has 0 bridgehead atoms. The van der Waals surface area contributed by atoms with E-state index in [1.165, 1.54) is 0 Å². The summed E-state index contributed by atoms with van der Waals surface area (Å²) in [6, 6.07) is -0.485. The van der Waals surface area contributed by atoms with Gasteiger partial charge in [0.15, 0.2) is 0 Å². The average molecular weight is 269 g/mol. The van der Waals surface area contributed by atoms with Gasteiger partial charge >= 0.3 is 6.03 Å². The van der Waals surface area contributed by atoms with Crippen LogP contribution in [-0.4, -0.2) is 54.6 Å². The van der Waals surface area contributed by atoms with Crippen LogP contribution in [-0.2, 0) is 14.3 Å². The van der Waals surface area contributed by atoms with Crippen LogP contribution in [0.3, 0.4) is 0 Å². The van der Waals surface area contributed by atoms with Crippen LogP contribution >= 0.6 is 0 Å². The Morgan fingerprint density at radius 3 is 2.89 bits per heavy atom. The highest BCUT2D eigenvalue weighted by Crippen LogP contribution is 2.24. The van der Waals surface area contributed by atoms with Crippen molar-refractivity contribution in [3.63, 3.8) is 0 Å². The summed E-state index contributed by atoms with van der Waals surface area (Å²) in [5, 5.41) is 4.87. The van der Waals surface area contributed by atoms with Gasteiger partial charge < -0.3 is 15.0 Å². The van der Waals surface area contributed by atoms with Crippen LogP contribution in [0.4, 0.5) is 4.79 Å². The molecule has 7 heteroatoms. The molecule has 2 aliphatic heterocycles. The molecule has 2 aliphatic rings. The van der Waals surface area contributed by atoms with Gasteiger partial charge in [-0.1, -0.05) is 6.92 Å². The highest BCUT2D eigenvalue weighted by molar-refractivity contribution is 6.07. The van der Waals surface area contributed by atoms with Crippen LogP contribution in [0.15, 0.2) is 0 Å². The number of amides is 4. The minimum Gasteiger partial charge on any atom is -0.372 e. The van der Waals surface area contributed by atoms with Crippen molar-refractivity contribution < 1.29 is 19.1 Å². The number of urea groups is 1. The molecule has 0 aliphatic carbocycles. The van der Waals surface area contributed by atoms with Crippen molar-refractivity contribution in [3.8, 4) is 0 Å². The van der Waals surface area contributed by atoms with Crippen LogP contribution in [0, 0.1) is 0 Å². The number of carbonyl (C=O) groups excluding carboxylic acids is 3. The largest absolute Gasteiger partial charge is 0.372 e. The molecule has 0 aromatic rings. The molecular formula is C12H19N3O4. The lowest BCUT2D eigenvalue weighted by Crippen LogP contribution is -2.60. The molecule has 2 saturated heterocycles. The van der Waals surface area contributed by atoms with Crippen LogP contribution < -0.4 is 10.6 Å². The Balaban J connectivity index is 1.95. The zero-order chi connectivity index (χ0) is 13.9.